The van der Waals surface area contributed by atoms with Crippen LogP contribution in [0.15, 0.2) is 10.9 Å². The predicted molar refractivity (Wildman–Crippen MR) is 86.9 cm³/mol. The van der Waals surface area contributed by atoms with Gasteiger partial charge in [-0.05, 0) is 39.3 Å². The summed E-state index contributed by atoms with van der Waals surface area (Å²) in [7, 11) is 1.80. The summed E-state index contributed by atoms with van der Waals surface area (Å²) in [6.45, 7) is 8.67. The average Bonchev–Trinajstić information content (AvgIpc) is 2.64. The molecule has 5 heteroatoms. The minimum atomic E-state index is 0. The highest BCUT2D eigenvalue weighted by molar-refractivity contribution is 7.71. The maximum absolute atomic E-state index is 12.1. The van der Waals surface area contributed by atoms with Crippen molar-refractivity contribution in [3.8, 4) is 11.4 Å². The molecule has 0 aliphatic heterocycles. The predicted octanol–water partition coefficient (Wildman–Crippen LogP) is 3.49. The van der Waals surface area contributed by atoms with E-state index in [1.807, 2.05) is 38.4 Å². The number of rotatable bonds is 2. The fourth-order valence-corrected chi connectivity index (χ4v) is 2.76. The zero-order valence-electron chi connectivity index (χ0n) is 12.0. The standard InChI is InChI=1S/C14H19N3OS.CH4/c1-6-17-14(19)10(4)11(15-17)12-8(2)7-9(3)13(18)16(12)5;/h7,15H,6H2,1-5H3;1H4. The fraction of sp³-hybridized carbons (Fsp3) is 0.467. The van der Waals surface area contributed by atoms with Gasteiger partial charge in [0.25, 0.3) is 5.56 Å². The van der Waals surface area contributed by atoms with Crippen molar-refractivity contribution in [2.24, 2.45) is 7.05 Å². The van der Waals surface area contributed by atoms with Gasteiger partial charge in [-0.3, -0.25) is 14.6 Å². The van der Waals surface area contributed by atoms with Gasteiger partial charge in [-0.25, -0.2) is 0 Å². The summed E-state index contributed by atoms with van der Waals surface area (Å²) in [6, 6.07) is 1.93. The largest absolute Gasteiger partial charge is 0.309 e. The van der Waals surface area contributed by atoms with Crippen molar-refractivity contribution in [3.63, 3.8) is 0 Å². The van der Waals surface area contributed by atoms with Crippen LogP contribution in [0, 0.1) is 25.4 Å². The number of hydrogen-bond donors (Lipinski definition) is 1. The molecule has 1 N–H and O–H groups in total. The smallest absolute Gasteiger partial charge is 0.253 e. The molecule has 0 unspecified atom stereocenters. The molecule has 2 heterocycles. The van der Waals surface area contributed by atoms with E-state index in [0.717, 1.165) is 39.3 Å². The first-order valence-corrected chi connectivity index (χ1v) is 6.76. The summed E-state index contributed by atoms with van der Waals surface area (Å²) >= 11 is 5.40. The molecule has 0 atom stereocenters. The Morgan fingerprint density at radius 1 is 1.25 bits per heavy atom. The second kappa shape index (κ2) is 5.79. The molecular formula is C15H23N3OS. The van der Waals surface area contributed by atoms with E-state index in [1.54, 1.807) is 11.6 Å². The third-order valence-corrected chi connectivity index (χ3v) is 4.05. The number of nitrogens with one attached hydrogen (secondary N) is 1. The second-order valence-corrected chi connectivity index (χ2v) is 5.27. The number of H-pyrrole nitrogens is 1. The summed E-state index contributed by atoms with van der Waals surface area (Å²) in [4.78, 5) is 12.1. The minimum absolute atomic E-state index is 0. The van der Waals surface area contributed by atoms with E-state index in [4.69, 9.17) is 12.2 Å². The molecule has 20 heavy (non-hydrogen) atoms. The SMILES string of the molecule is C.CCn1[nH]c(-c2c(C)cc(C)c(=O)n2C)c(C)c1=S. The Bertz CT molecular complexity index is 750. The Morgan fingerprint density at radius 3 is 2.35 bits per heavy atom. The van der Waals surface area contributed by atoms with Crippen LogP contribution in [-0.4, -0.2) is 14.3 Å². The van der Waals surface area contributed by atoms with Gasteiger partial charge in [-0.1, -0.05) is 19.6 Å². The Labute approximate surface area is 125 Å². The van der Waals surface area contributed by atoms with Gasteiger partial charge in [0.2, 0.25) is 0 Å². The van der Waals surface area contributed by atoms with Crippen molar-refractivity contribution in [2.45, 2.75) is 41.7 Å². The molecule has 0 saturated heterocycles. The lowest BCUT2D eigenvalue weighted by molar-refractivity contribution is 0.651. The zero-order valence-corrected chi connectivity index (χ0v) is 12.8. The monoisotopic (exact) mass is 293 g/mol. The summed E-state index contributed by atoms with van der Waals surface area (Å²) < 4.78 is 4.41. The molecule has 2 aromatic rings. The quantitative estimate of drug-likeness (QED) is 0.861. The van der Waals surface area contributed by atoms with E-state index in [1.165, 1.54) is 0 Å². The highest BCUT2D eigenvalue weighted by Gasteiger charge is 2.15. The van der Waals surface area contributed by atoms with Gasteiger partial charge in [0.15, 0.2) is 0 Å². The first-order chi connectivity index (χ1) is 8.88. The number of aromatic nitrogens is 3. The Morgan fingerprint density at radius 2 is 1.85 bits per heavy atom. The lowest BCUT2D eigenvalue weighted by Crippen LogP contribution is -2.22. The number of pyridine rings is 1. The first kappa shape index (κ1) is 16.4. The third kappa shape index (κ3) is 2.38. The lowest BCUT2D eigenvalue weighted by Gasteiger charge is -2.12. The van der Waals surface area contributed by atoms with Crippen LogP contribution >= 0.6 is 12.2 Å². The summed E-state index contributed by atoms with van der Waals surface area (Å²) in [5, 5.41) is 3.30. The van der Waals surface area contributed by atoms with Crippen molar-refractivity contribution in [3.05, 3.63) is 37.8 Å². The lowest BCUT2D eigenvalue weighted by atomic mass is 10.1. The van der Waals surface area contributed by atoms with Crippen LogP contribution in [0.1, 0.15) is 31.0 Å². The van der Waals surface area contributed by atoms with Crippen LogP contribution in [0.25, 0.3) is 11.4 Å². The van der Waals surface area contributed by atoms with Crippen LogP contribution in [0.2, 0.25) is 0 Å². The summed E-state index contributed by atoms with van der Waals surface area (Å²) in [6.07, 6.45) is 0. The van der Waals surface area contributed by atoms with Gasteiger partial charge in [-0.2, -0.15) is 0 Å². The normalized spacial score (nSPS) is 10.4. The second-order valence-electron chi connectivity index (χ2n) is 4.88. The van der Waals surface area contributed by atoms with Crippen molar-refractivity contribution >= 4 is 12.2 Å². The molecule has 2 rings (SSSR count). The van der Waals surface area contributed by atoms with Crippen LogP contribution < -0.4 is 5.56 Å². The van der Waals surface area contributed by atoms with E-state index >= 15 is 0 Å². The van der Waals surface area contributed by atoms with Crippen LogP contribution in [0.4, 0.5) is 0 Å². The molecule has 0 amide bonds. The molecule has 0 aliphatic rings. The molecule has 4 nitrogen and oxygen atoms in total. The van der Waals surface area contributed by atoms with Gasteiger partial charge in [-0.15, -0.1) is 0 Å². The number of aryl methyl sites for hydroxylation is 3. The summed E-state index contributed by atoms with van der Waals surface area (Å²) in [5.41, 5.74) is 4.72. The Hall–Kier alpha value is -1.62. The zero-order chi connectivity index (χ0) is 14.3. The van der Waals surface area contributed by atoms with E-state index < -0.39 is 0 Å². The average molecular weight is 293 g/mol. The molecule has 0 aromatic carbocycles. The highest BCUT2D eigenvalue weighted by atomic mass is 32.1. The molecule has 0 fully saturated rings. The molecular weight excluding hydrogens is 270 g/mol. The molecule has 0 spiro atoms. The molecule has 110 valence electrons. The topological polar surface area (TPSA) is 42.7 Å². The molecule has 0 radical (unpaired) electrons. The molecule has 0 aliphatic carbocycles. The molecule has 0 bridgehead atoms. The van der Waals surface area contributed by atoms with Gasteiger partial charge in [0, 0.05) is 24.7 Å². The van der Waals surface area contributed by atoms with Crippen LogP contribution in [0.5, 0.6) is 0 Å². The van der Waals surface area contributed by atoms with E-state index in [-0.39, 0.29) is 13.0 Å². The third-order valence-electron chi connectivity index (χ3n) is 3.52. The summed E-state index contributed by atoms with van der Waals surface area (Å²) in [5.74, 6) is 0. The van der Waals surface area contributed by atoms with Crippen molar-refractivity contribution in [1.29, 1.82) is 0 Å². The number of nitrogens with zero attached hydrogens (tertiary/aromatic N) is 2. The van der Waals surface area contributed by atoms with E-state index in [0.29, 0.717) is 0 Å². The van der Waals surface area contributed by atoms with Crippen molar-refractivity contribution < 1.29 is 0 Å². The van der Waals surface area contributed by atoms with Gasteiger partial charge >= 0.3 is 0 Å². The van der Waals surface area contributed by atoms with Crippen molar-refractivity contribution in [2.75, 3.05) is 0 Å². The van der Waals surface area contributed by atoms with Gasteiger partial charge < -0.3 is 4.57 Å². The van der Waals surface area contributed by atoms with E-state index in [9.17, 15) is 4.79 Å². The van der Waals surface area contributed by atoms with Gasteiger partial charge in [0.1, 0.15) is 4.64 Å². The fourth-order valence-electron chi connectivity index (χ4n) is 2.48. The minimum Gasteiger partial charge on any atom is -0.309 e. The Kier molecular flexibility index (Phi) is 4.76. The Balaban J connectivity index is 0.00000200. The maximum atomic E-state index is 12.1. The first-order valence-electron chi connectivity index (χ1n) is 6.35. The number of hydrogen-bond acceptors (Lipinski definition) is 2. The van der Waals surface area contributed by atoms with Crippen molar-refractivity contribution in [1.82, 2.24) is 14.3 Å². The highest BCUT2D eigenvalue weighted by Crippen LogP contribution is 2.25. The molecule has 0 saturated carbocycles. The number of aromatic amines is 1. The van der Waals surface area contributed by atoms with Crippen LogP contribution in [-0.2, 0) is 13.6 Å². The van der Waals surface area contributed by atoms with Crippen LogP contribution in [0.3, 0.4) is 0 Å². The maximum Gasteiger partial charge on any atom is 0.253 e. The molecule has 2 aromatic heterocycles. The van der Waals surface area contributed by atoms with Gasteiger partial charge in [0.05, 0.1) is 11.4 Å². The van der Waals surface area contributed by atoms with E-state index in [2.05, 4.69) is 5.10 Å².